The summed E-state index contributed by atoms with van der Waals surface area (Å²) in [6.45, 7) is 1.95. The summed E-state index contributed by atoms with van der Waals surface area (Å²) in [5.74, 6) is 0.778. The summed E-state index contributed by atoms with van der Waals surface area (Å²) in [7, 11) is 1.62. The predicted octanol–water partition coefficient (Wildman–Crippen LogP) is 2.80. The van der Waals surface area contributed by atoms with Gasteiger partial charge in [-0.05, 0) is 30.2 Å². The van der Waals surface area contributed by atoms with Gasteiger partial charge in [0.2, 0.25) is 0 Å². The van der Waals surface area contributed by atoms with Gasteiger partial charge in [0.05, 0.1) is 7.11 Å². The van der Waals surface area contributed by atoms with Crippen LogP contribution in [0.15, 0.2) is 16.5 Å². The first-order valence-corrected chi connectivity index (χ1v) is 4.19. The minimum atomic E-state index is 0.155. The Morgan fingerprint density at radius 2 is 2.23 bits per heavy atom. The lowest BCUT2D eigenvalue weighted by atomic mass is 10.2. The van der Waals surface area contributed by atoms with Crippen LogP contribution < -0.4 is 4.74 Å². The van der Waals surface area contributed by atoms with Crippen LogP contribution >= 0.6 is 11.6 Å². The Kier molecular flexibility index (Phi) is 1.88. The number of aromatic nitrogens is 1. The number of aryl methyl sites for hydroxylation is 1. The van der Waals surface area contributed by atoms with E-state index in [4.69, 9.17) is 20.8 Å². The van der Waals surface area contributed by atoms with E-state index in [1.165, 1.54) is 0 Å². The lowest BCUT2D eigenvalue weighted by molar-refractivity contribution is 0.411. The molecule has 1 aromatic carbocycles. The van der Waals surface area contributed by atoms with E-state index in [1.807, 2.05) is 13.0 Å². The maximum absolute atomic E-state index is 5.61. The highest BCUT2D eigenvalue weighted by molar-refractivity contribution is 6.28. The minimum Gasteiger partial charge on any atom is -0.496 e. The van der Waals surface area contributed by atoms with Crippen molar-refractivity contribution in [1.29, 1.82) is 0 Å². The molecule has 0 bridgehead atoms. The maximum Gasteiger partial charge on any atom is 0.293 e. The second-order valence-electron chi connectivity index (χ2n) is 2.76. The molecule has 0 N–H and O–H groups in total. The molecular weight excluding hydrogens is 190 g/mol. The van der Waals surface area contributed by atoms with Gasteiger partial charge in [-0.25, -0.2) is 0 Å². The lowest BCUT2D eigenvalue weighted by Gasteiger charge is -2.01. The molecule has 0 saturated carbocycles. The predicted molar refractivity (Wildman–Crippen MR) is 50.3 cm³/mol. The number of benzene rings is 1. The van der Waals surface area contributed by atoms with Crippen LogP contribution in [-0.2, 0) is 0 Å². The number of ether oxygens (including phenoxy) is 1. The van der Waals surface area contributed by atoms with E-state index < -0.39 is 0 Å². The van der Waals surface area contributed by atoms with Gasteiger partial charge in [0.25, 0.3) is 5.35 Å². The summed E-state index contributed by atoms with van der Waals surface area (Å²) >= 11 is 5.61. The first-order valence-electron chi connectivity index (χ1n) is 3.81. The van der Waals surface area contributed by atoms with Gasteiger partial charge < -0.3 is 9.15 Å². The van der Waals surface area contributed by atoms with E-state index in [0.717, 1.165) is 16.8 Å². The maximum atomic E-state index is 5.61. The zero-order valence-electron chi connectivity index (χ0n) is 7.30. The summed E-state index contributed by atoms with van der Waals surface area (Å²) in [6, 6.07) is 3.66. The van der Waals surface area contributed by atoms with Gasteiger partial charge in [0, 0.05) is 6.07 Å². The quantitative estimate of drug-likeness (QED) is 0.705. The Hall–Kier alpha value is -1.22. The second kappa shape index (κ2) is 2.92. The van der Waals surface area contributed by atoms with Gasteiger partial charge >= 0.3 is 0 Å². The molecule has 0 saturated heterocycles. The Morgan fingerprint density at radius 1 is 1.46 bits per heavy atom. The second-order valence-corrected chi connectivity index (χ2v) is 3.08. The summed E-state index contributed by atoms with van der Waals surface area (Å²) < 4.78 is 10.3. The van der Waals surface area contributed by atoms with E-state index in [-0.39, 0.29) is 5.35 Å². The highest BCUT2D eigenvalue weighted by atomic mass is 35.5. The third-order valence-corrected chi connectivity index (χ3v) is 2.04. The molecule has 0 spiro atoms. The SMILES string of the molecule is COc1cc2oc(Cl)nc2cc1C. The van der Waals surface area contributed by atoms with Gasteiger partial charge in [0.15, 0.2) is 5.58 Å². The first kappa shape index (κ1) is 8.38. The van der Waals surface area contributed by atoms with Crippen molar-refractivity contribution in [3.63, 3.8) is 0 Å². The lowest BCUT2D eigenvalue weighted by Crippen LogP contribution is -1.85. The number of oxazole rings is 1. The molecule has 2 aromatic rings. The van der Waals surface area contributed by atoms with Crippen LogP contribution in [-0.4, -0.2) is 12.1 Å². The summed E-state index contributed by atoms with van der Waals surface area (Å²) in [4.78, 5) is 3.99. The number of hydrogen-bond donors (Lipinski definition) is 0. The standard InChI is InChI=1S/C9H8ClNO2/c1-5-3-6-8(4-7(5)12-2)13-9(10)11-6/h3-4H,1-2H3. The van der Waals surface area contributed by atoms with Crippen molar-refractivity contribution in [3.8, 4) is 5.75 Å². The Balaban J connectivity index is 2.72. The zero-order valence-corrected chi connectivity index (χ0v) is 8.05. The van der Waals surface area contributed by atoms with Crippen LogP contribution in [0.3, 0.4) is 0 Å². The fraction of sp³-hybridized carbons (Fsp3) is 0.222. The summed E-state index contributed by atoms with van der Waals surface area (Å²) in [6.07, 6.45) is 0. The molecule has 3 nitrogen and oxygen atoms in total. The van der Waals surface area contributed by atoms with Crippen molar-refractivity contribution in [3.05, 3.63) is 23.0 Å². The first-order chi connectivity index (χ1) is 6.20. The van der Waals surface area contributed by atoms with Crippen molar-refractivity contribution >= 4 is 22.7 Å². The number of halogens is 1. The molecular formula is C9H8ClNO2. The molecule has 13 heavy (non-hydrogen) atoms. The highest BCUT2D eigenvalue weighted by Gasteiger charge is 2.07. The Morgan fingerprint density at radius 3 is 2.92 bits per heavy atom. The van der Waals surface area contributed by atoms with Crippen LogP contribution in [0.1, 0.15) is 5.56 Å². The molecule has 68 valence electrons. The third-order valence-electron chi connectivity index (χ3n) is 1.88. The van der Waals surface area contributed by atoms with Gasteiger partial charge in [-0.2, -0.15) is 4.98 Å². The molecule has 0 aliphatic rings. The molecule has 1 aromatic heterocycles. The normalized spacial score (nSPS) is 10.7. The van der Waals surface area contributed by atoms with Crippen LogP contribution in [0, 0.1) is 6.92 Å². The number of methoxy groups -OCH3 is 1. The molecule has 2 rings (SSSR count). The van der Waals surface area contributed by atoms with Crippen molar-refractivity contribution in [1.82, 2.24) is 4.98 Å². The van der Waals surface area contributed by atoms with Crippen LogP contribution in [0.2, 0.25) is 5.35 Å². The molecule has 0 aliphatic heterocycles. The van der Waals surface area contributed by atoms with E-state index in [0.29, 0.717) is 5.58 Å². The number of fused-ring (bicyclic) bond motifs is 1. The number of hydrogen-bond acceptors (Lipinski definition) is 3. The average Bonchev–Trinajstić information content (AvgIpc) is 2.42. The molecule has 0 fully saturated rings. The van der Waals surface area contributed by atoms with Crippen molar-refractivity contribution < 1.29 is 9.15 Å². The molecule has 0 unspecified atom stereocenters. The highest BCUT2D eigenvalue weighted by Crippen LogP contribution is 2.26. The minimum absolute atomic E-state index is 0.155. The number of rotatable bonds is 1. The summed E-state index contributed by atoms with van der Waals surface area (Å²) in [5.41, 5.74) is 2.41. The van der Waals surface area contributed by atoms with E-state index in [9.17, 15) is 0 Å². The van der Waals surface area contributed by atoms with E-state index >= 15 is 0 Å². The van der Waals surface area contributed by atoms with Gasteiger partial charge in [-0.1, -0.05) is 0 Å². The molecule has 4 heteroatoms. The largest absolute Gasteiger partial charge is 0.496 e. The Bertz CT molecular complexity index is 450. The molecule has 0 radical (unpaired) electrons. The van der Waals surface area contributed by atoms with Gasteiger partial charge in [-0.3, -0.25) is 0 Å². The fourth-order valence-corrected chi connectivity index (χ4v) is 1.43. The average molecular weight is 198 g/mol. The van der Waals surface area contributed by atoms with Gasteiger partial charge in [-0.15, -0.1) is 0 Å². The van der Waals surface area contributed by atoms with Crippen LogP contribution in [0.25, 0.3) is 11.1 Å². The monoisotopic (exact) mass is 197 g/mol. The Labute approximate surface area is 80.3 Å². The van der Waals surface area contributed by atoms with Crippen molar-refractivity contribution in [2.24, 2.45) is 0 Å². The third kappa shape index (κ3) is 1.35. The van der Waals surface area contributed by atoms with E-state index in [2.05, 4.69) is 4.98 Å². The topological polar surface area (TPSA) is 35.3 Å². The molecule has 0 atom stereocenters. The smallest absolute Gasteiger partial charge is 0.293 e. The van der Waals surface area contributed by atoms with Crippen molar-refractivity contribution in [2.45, 2.75) is 6.92 Å². The molecule has 0 aliphatic carbocycles. The van der Waals surface area contributed by atoms with Crippen LogP contribution in [0.5, 0.6) is 5.75 Å². The molecule has 1 heterocycles. The van der Waals surface area contributed by atoms with Crippen LogP contribution in [0.4, 0.5) is 0 Å². The zero-order chi connectivity index (χ0) is 9.42. The fourth-order valence-electron chi connectivity index (χ4n) is 1.25. The van der Waals surface area contributed by atoms with E-state index in [1.54, 1.807) is 13.2 Å². The van der Waals surface area contributed by atoms with Gasteiger partial charge in [0.1, 0.15) is 11.3 Å². The number of nitrogens with zero attached hydrogens (tertiary/aromatic N) is 1. The summed E-state index contributed by atoms with van der Waals surface area (Å²) in [5, 5.41) is 0.155. The molecule has 0 amide bonds. The van der Waals surface area contributed by atoms with Crippen molar-refractivity contribution in [2.75, 3.05) is 7.11 Å².